The van der Waals surface area contributed by atoms with Crippen molar-refractivity contribution in [2.45, 2.75) is 26.7 Å². The summed E-state index contributed by atoms with van der Waals surface area (Å²) in [7, 11) is 0. The summed E-state index contributed by atoms with van der Waals surface area (Å²) in [4.78, 5) is 12.1. The van der Waals surface area contributed by atoms with Crippen molar-refractivity contribution in [1.29, 1.82) is 5.26 Å². The largest absolute Gasteiger partial charge is 0.483 e. The van der Waals surface area contributed by atoms with E-state index in [4.69, 9.17) is 10.00 Å². The number of nitrogens with zero attached hydrogens (tertiary/aromatic N) is 1. The lowest BCUT2D eigenvalue weighted by molar-refractivity contribution is -0.118. The monoisotopic (exact) mass is 386 g/mol. The summed E-state index contributed by atoms with van der Waals surface area (Å²) in [6.45, 7) is 6.02. The Morgan fingerprint density at radius 2 is 2.04 bits per heavy atom. The van der Waals surface area contributed by atoms with Crippen LogP contribution >= 0.6 is 15.9 Å². The molecule has 0 aromatic heterocycles. The van der Waals surface area contributed by atoms with Gasteiger partial charge in [0.05, 0.1) is 11.3 Å². The van der Waals surface area contributed by atoms with E-state index in [9.17, 15) is 4.79 Å². The van der Waals surface area contributed by atoms with Gasteiger partial charge in [-0.05, 0) is 48.2 Å². The molecule has 0 fully saturated rings. The zero-order chi connectivity index (χ0) is 17.7. The summed E-state index contributed by atoms with van der Waals surface area (Å²) in [5, 5.41) is 11.8. The highest BCUT2D eigenvalue weighted by atomic mass is 79.9. The number of ether oxygens (including phenoxy) is 1. The summed E-state index contributed by atoms with van der Waals surface area (Å²) < 4.78 is 6.75. The molecule has 0 heterocycles. The van der Waals surface area contributed by atoms with Crippen LogP contribution in [0.1, 0.15) is 36.5 Å². The van der Waals surface area contributed by atoms with Crippen LogP contribution in [-0.4, -0.2) is 12.5 Å². The van der Waals surface area contributed by atoms with E-state index in [0.717, 1.165) is 15.6 Å². The van der Waals surface area contributed by atoms with Gasteiger partial charge in [0.25, 0.3) is 5.91 Å². The highest BCUT2D eigenvalue weighted by Crippen LogP contribution is 2.32. The molecule has 1 N–H and O–H groups in total. The third kappa shape index (κ3) is 4.36. The Morgan fingerprint density at radius 3 is 2.71 bits per heavy atom. The second-order valence-electron chi connectivity index (χ2n) is 5.79. The summed E-state index contributed by atoms with van der Waals surface area (Å²) in [5.74, 6) is 0.682. The van der Waals surface area contributed by atoms with Gasteiger partial charge in [0, 0.05) is 4.47 Å². The van der Waals surface area contributed by atoms with E-state index >= 15 is 0 Å². The number of amides is 1. The Hall–Kier alpha value is -2.32. The smallest absolute Gasteiger partial charge is 0.262 e. The molecule has 2 rings (SSSR count). The maximum absolute atomic E-state index is 12.1. The quantitative estimate of drug-likeness (QED) is 0.804. The van der Waals surface area contributed by atoms with Crippen molar-refractivity contribution in [3.8, 4) is 11.8 Å². The highest BCUT2D eigenvalue weighted by Gasteiger charge is 2.13. The number of hydrogen-bond acceptors (Lipinski definition) is 3. The van der Waals surface area contributed by atoms with Crippen molar-refractivity contribution >= 4 is 27.5 Å². The van der Waals surface area contributed by atoms with Gasteiger partial charge < -0.3 is 10.1 Å². The van der Waals surface area contributed by atoms with Gasteiger partial charge in [-0.25, -0.2) is 0 Å². The van der Waals surface area contributed by atoms with Crippen LogP contribution in [0.4, 0.5) is 5.69 Å². The molecule has 0 saturated carbocycles. The summed E-state index contributed by atoms with van der Waals surface area (Å²) in [5.41, 5.74) is 3.00. The molecular weight excluding hydrogens is 368 g/mol. The molecule has 0 aliphatic rings. The zero-order valence-corrected chi connectivity index (χ0v) is 15.5. The number of para-hydroxylation sites is 1. The first kappa shape index (κ1) is 18.0. The molecule has 0 unspecified atom stereocenters. The first-order valence-corrected chi connectivity index (χ1v) is 8.43. The minimum atomic E-state index is -0.298. The first-order chi connectivity index (χ1) is 11.4. The summed E-state index contributed by atoms with van der Waals surface area (Å²) in [6.07, 6.45) is 0. The Kier molecular flexibility index (Phi) is 5.99. The van der Waals surface area contributed by atoms with E-state index in [-0.39, 0.29) is 18.4 Å². The van der Waals surface area contributed by atoms with Crippen LogP contribution in [0, 0.1) is 18.3 Å². The van der Waals surface area contributed by atoms with E-state index in [1.807, 2.05) is 19.1 Å². The van der Waals surface area contributed by atoms with E-state index in [1.54, 1.807) is 24.3 Å². The molecule has 2 aromatic rings. The van der Waals surface area contributed by atoms with Gasteiger partial charge in [-0.3, -0.25) is 4.79 Å². The number of hydrogen-bond donors (Lipinski definition) is 1. The Labute approximate surface area is 150 Å². The van der Waals surface area contributed by atoms with Crippen LogP contribution in [0.2, 0.25) is 0 Å². The van der Waals surface area contributed by atoms with Gasteiger partial charge in [0.1, 0.15) is 11.8 Å². The number of halogens is 1. The van der Waals surface area contributed by atoms with Crippen LogP contribution in [0.3, 0.4) is 0 Å². The predicted molar refractivity (Wildman–Crippen MR) is 98.2 cm³/mol. The fourth-order valence-corrected chi connectivity index (χ4v) is 2.63. The lowest BCUT2D eigenvalue weighted by Gasteiger charge is -2.16. The number of aryl methyl sites for hydroxylation is 1. The number of rotatable bonds is 5. The van der Waals surface area contributed by atoms with Crippen molar-refractivity contribution in [2.75, 3.05) is 11.9 Å². The van der Waals surface area contributed by atoms with Gasteiger partial charge in [-0.2, -0.15) is 5.26 Å². The second-order valence-corrected chi connectivity index (χ2v) is 6.64. The lowest BCUT2D eigenvalue weighted by atomic mass is 10.0. The standard InChI is InChI=1S/C19H19BrN2O2/c1-12(2)15-9-16(20)13(3)8-18(15)24-11-19(23)22-17-7-5-4-6-14(17)10-21/h4-9,12H,11H2,1-3H3,(H,22,23). The molecule has 0 aliphatic heterocycles. The molecule has 1 amide bonds. The molecule has 0 atom stereocenters. The molecule has 0 radical (unpaired) electrons. The fraction of sp³-hybridized carbons (Fsp3) is 0.263. The third-order valence-corrected chi connectivity index (χ3v) is 4.45. The van der Waals surface area contributed by atoms with E-state index in [0.29, 0.717) is 17.0 Å². The SMILES string of the molecule is Cc1cc(OCC(=O)Nc2ccccc2C#N)c(C(C)C)cc1Br. The van der Waals surface area contributed by atoms with Crippen molar-refractivity contribution in [2.24, 2.45) is 0 Å². The Bertz CT molecular complexity index is 794. The lowest BCUT2D eigenvalue weighted by Crippen LogP contribution is -2.21. The van der Waals surface area contributed by atoms with Crippen molar-refractivity contribution in [3.05, 3.63) is 57.6 Å². The van der Waals surface area contributed by atoms with Gasteiger partial charge in [-0.15, -0.1) is 0 Å². The molecule has 4 nitrogen and oxygen atoms in total. The average molecular weight is 387 g/mol. The second kappa shape index (κ2) is 7.98. The Morgan fingerprint density at radius 1 is 1.33 bits per heavy atom. The molecule has 0 saturated heterocycles. The maximum Gasteiger partial charge on any atom is 0.262 e. The predicted octanol–water partition coefficient (Wildman–Crippen LogP) is 4.77. The van der Waals surface area contributed by atoms with Crippen LogP contribution in [-0.2, 0) is 4.79 Å². The van der Waals surface area contributed by atoms with Gasteiger partial charge in [0.15, 0.2) is 6.61 Å². The fourth-order valence-electron chi connectivity index (χ4n) is 2.27. The molecule has 24 heavy (non-hydrogen) atoms. The van der Waals surface area contributed by atoms with Crippen molar-refractivity contribution in [1.82, 2.24) is 0 Å². The first-order valence-electron chi connectivity index (χ1n) is 7.64. The number of nitriles is 1. The number of carbonyl (C=O) groups excluding carboxylic acids is 1. The van der Waals surface area contributed by atoms with Crippen LogP contribution in [0.15, 0.2) is 40.9 Å². The minimum absolute atomic E-state index is 0.111. The zero-order valence-electron chi connectivity index (χ0n) is 13.9. The molecule has 2 aromatic carbocycles. The maximum atomic E-state index is 12.1. The molecule has 0 aliphatic carbocycles. The summed E-state index contributed by atoms with van der Waals surface area (Å²) >= 11 is 3.52. The van der Waals surface area contributed by atoms with Crippen LogP contribution < -0.4 is 10.1 Å². The van der Waals surface area contributed by atoms with Gasteiger partial charge in [-0.1, -0.05) is 41.9 Å². The number of benzene rings is 2. The van der Waals surface area contributed by atoms with Crippen molar-refractivity contribution < 1.29 is 9.53 Å². The normalized spacial score (nSPS) is 10.3. The molecule has 0 spiro atoms. The van der Waals surface area contributed by atoms with Crippen LogP contribution in [0.25, 0.3) is 0 Å². The van der Waals surface area contributed by atoms with E-state index in [2.05, 4.69) is 41.2 Å². The molecular formula is C19H19BrN2O2. The third-order valence-electron chi connectivity index (χ3n) is 3.59. The van der Waals surface area contributed by atoms with E-state index < -0.39 is 0 Å². The minimum Gasteiger partial charge on any atom is -0.483 e. The highest BCUT2D eigenvalue weighted by molar-refractivity contribution is 9.10. The molecule has 0 bridgehead atoms. The average Bonchev–Trinajstić information content (AvgIpc) is 2.55. The Balaban J connectivity index is 2.09. The van der Waals surface area contributed by atoms with Gasteiger partial charge in [0.2, 0.25) is 0 Å². The van der Waals surface area contributed by atoms with Crippen LogP contribution in [0.5, 0.6) is 5.75 Å². The molecule has 5 heteroatoms. The van der Waals surface area contributed by atoms with E-state index in [1.165, 1.54) is 0 Å². The topological polar surface area (TPSA) is 62.1 Å². The van der Waals surface area contributed by atoms with Gasteiger partial charge >= 0.3 is 0 Å². The summed E-state index contributed by atoms with van der Waals surface area (Å²) in [6, 6.07) is 12.9. The van der Waals surface area contributed by atoms with Crippen molar-refractivity contribution in [3.63, 3.8) is 0 Å². The number of anilines is 1. The number of carbonyl (C=O) groups is 1. The number of nitrogens with one attached hydrogen (secondary N) is 1. The molecule has 124 valence electrons.